The van der Waals surface area contributed by atoms with Crippen LogP contribution in [0.1, 0.15) is 18.5 Å². The summed E-state index contributed by atoms with van der Waals surface area (Å²) in [4.78, 5) is 14.0. The Kier molecular flexibility index (Phi) is 4.79. The van der Waals surface area contributed by atoms with Crippen molar-refractivity contribution in [1.82, 2.24) is 10.2 Å². The van der Waals surface area contributed by atoms with Crippen molar-refractivity contribution in [3.05, 3.63) is 54.2 Å². The number of nitrogens with one attached hydrogen (secondary N) is 1. The maximum atomic E-state index is 12.4. The Morgan fingerprint density at radius 3 is 2.67 bits per heavy atom. The number of hydrogen-bond donors (Lipinski definition) is 1. The summed E-state index contributed by atoms with van der Waals surface area (Å²) in [5.74, 6) is 0.884. The average molecular weight is 323 g/mol. The minimum absolute atomic E-state index is 0.101. The number of aromatic amines is 1. The molecule has 0 saturated carbocycles. The number of hydrogen-bond acceptors (Lipinski definition) is 3. The maximum absolute atomic E-state index is 12.4. The van der Waals surface area contributed by atoms with E-state index in [-0.39, 0.29) is 5.91 Å². The number of methoxy groups -OCH3 is 1. The summed E-state index contributed by atoms with van der Waals surface area (Å²) in [6, 6.07) is 15.5. The van der Waals surface area contributed by atoms with Gasteiger partial charge in [0, 0.05) is 30.2 Å². The van der Waals surface area contributed by atoms with Crippen LogP contribution in [-0.4, -0.2) is 30.3 Å². The van der Waals surface area contributed by atoms with Gasteiger partial charge in [-0.3, -0.25) is 9.89 Å². The van der Waals surface area contributed by atoms with Crippen molar-refractivity contribution in [1.29, 1.82) is 0 Å². The predicted octanol–water partition coefficient (Wildman–Crippen LogP) is 3.56. The molecule has 0 radical (unpaired) electrons. The van der Waals surface area contributed by atoms with Crippen LogP contribution >= 0.6 is 0 Å². The van der Waals surface area contributed by atoms with E-state index in [1.54, 1.807) is 19.1 Å². The average Bonchev–Trinajstić information content (AvgIpc) is 3.04. The number of carbonyl (C=O) groups is 1. The molecule has 2 aromatic carbocycles. The summed E-state index contributed by atoms with van der Waals surface area (Å²) < 4.78 is 5.14. The van der Waals surface area contributed by atoms with Crippen molar-refractivity contribution < 1.29 is 9.53 Å². The summed E-state index contributed by atoms with van der Waals surface area (Å²) in [5.41, 5.74) is 2.92. The van der Waals surface area contributed by atoms with Gasteiger partial charge in [0.15, 0.2) is 0 Å². The fourth-order valence-corrected chi connectivity index (χ4v) is 2.74. The first-order valence-corrected chi connectivity index (χ1v) is 8.01. The quantitative estimate of drug-likeness (QED) is 0.754. The zero-order chi connectivity index (χ0) is 16.9. The lowest BCUT2D eigenvalue weighted by Crippen LogP contribution is -2.25. The molecule has 0 atom stereocenters. The van der Waals surface area contributed by atoms with E-state index in [0.717, 1.165) is 40.9 Å². The maximum Gasteiger partial charge on any atom is 0.226 e. The molecule has 24 heavy (non-hydrogen) atoms. The molecule has 3 aromatic rings. The summed E-state index contributed by atoms with van der Waals surface area (Å²) in [6.45, 7) is 0. The van der Waals surface area contributed by atoms with Crippen LogP contribution in [0.3, 0.4) is 0 Å². The summed E-state index contributed by atoms with van der Waals surface area (Å²) >= 11 is 0. The monoisotopic (exact) mass is 323 g/mol. The third kappa shape index (κ3) is 3.40. The number of benzene rings is 2. The molecule has 0 bridgehead atoms. The van der Waals surface area contributed by atoms with E-state index < -0.39 is 0 Å². The molecule has 124 valence electrons. The smallest absolute Gasteiger partial charge is 0.226 e. The van der Waals surface area contributed by atoms with Crippen LogP contribution in [0, 0.1) is 0 Å². The van der Waals surface area contributed by atoms with Gasteiger partial charge in [-0.1, -0.05) is 18.2 Å². The van der Waals surface area contributed by atoms with Crippen molar-refractivity contribution in [3.63, 3.8) is 0 Å². The molecule has 0 aliphatic heterocycles. The lowest BCUT2D eigenvalue weighted by Gasteiger charge is -2.17. The second-order valence-corrected chi connectivity index (χ2v) is 5.72. The molecule has 0 unspecified atom stereocenters. The first-order valence-electron chi connectivity index (χ1n) is 8.01. The molecule has 1 heterocycles. The van der Waals surface area contributed by atoms with E-state index in [0.29, 0.717) is 6.42 Å². The zero-order valence-electron chi connectivity index (χ0n) is 14.0. The van der Waals surface area contributed by atoms with Gasteiger partial charge in [0.05, 0.1) is 12.6 Å². The van der Waals surface area contributed by atoms with E-state index in [2.05, 4.69) is 16.3 Å². The van der Waals surface area contributed by atoms with E-state index in [1.165, 1.54) is 0 Å². The Morgan fingerprint density at radius 1 is 1.17 bits per heavy atom. The number of carbonyl (C=O) groups excluding carboxylic acids is 1. The summed E-state index contributed by atoms with van der Waals surface area (Å²) in [5, 5.41) is 8.49. The molecular weight excluding hydrogens is 302 g/mol. The zero-order valence-corrected chi connectivity index (χ0v) is 14.0. The van der Waals surface area contributed by atoms with Crippen LogP contribution in [0.25, 0.3) is 10.9 Å². The molecule has 0 saturated heterocycles. The number of nitrogens with zero attached hydrogens (tertiary/aromatic N) is 2. The molecule has 0 aliphatic carbocycles. The Bertz CT molecular complexity index is 824. The van der Waals surface area contributed by atoms with E-state index in [4.69, 9.17) is 4.74 Å². The van der Waals surface area contributed by atoms with Gasteiger partial charge in [0.1, 0.15) is 5.75 Å². The third-order valence-electron chi connectivity index (χ3n) is 4.19. The van der Waals surface area contributed by atoms with Gasteiger partial charge < -0.3 is 9.64 Å². The molecule has 1 amide bonds. The van der Waals surface area contributed by atoms with Crippen molar-refractivity contribution >= 4 is 22.5 Å². The lowest BCUT2D eigenvalue weighted by atomic mass is 10.1. The molecule has 1 N–H and O–H groups in total. The number of fused-ring (bicyclic) bond motifs is 1. The lowest BCUT2D eigenvalue weighted by molar-refractivity contribution is -0.118. The van der Waals surface area contributed by atoms with E-state index in [1.807, 2.05) is 42.5 Å². The molecule has 0 spiro atoms. The Hall–Kier alpha value is -2.82. The van der Waals surface area contributed by atoms with Crippen LogP contribution in [0.15, 0.2) is 48.5 Å². The number of aromatic nitrogens is 2. The highest BCUT2D eigenvalue weighted by Crippen LogP contribution is 2.20. The SMILES string of the molecule is COc1ccc(N(C)C(=O)CCCc2[nH]nc3ccccc23)cc1. The first-order chi connectivity index (χ1) is 11.7. The molecule has 1 aromatic heterocycles. The van der Waals surface area contributed by atoms with Crippen molar-refractivity contribution in [2.24, 2.45) is 0 Å². The number of aryl methyl sites for hydroxylation is 1. The minimum Gasteiger partial charge on any atom is -0.497 e. The number of rotatable bonds is 6. The van der Waals surface area contributed by atoms with Crippen molar-refractivity contribution in [2.45, 2.75) is 19.3 Å². The fraction of sp³-hybridized carbons (Fsp3) is 0.263. The van der Waals surface area contributed by atoms with Crippen LogP contribution in [0.2, 0.25) is 0 Å². The number of amides is 1. The van der Waals surface area contributed by atoms with Crippen LogP contribution in [0.4, 0.5) is 5.69 Å². The molecule has 5 heteroatoms. The fourth-order valence-electron chi connectivity index (χ4n) is 2.74. The van der Waals surface area contributed by atoms with Gasteiger partial charge in [0.2, 0.25) is 5.91 Å². The van der Waals surface area contributed by atoms with E-state index >= 15 is 0 Å². The number of ether oxygens (including phenoxy) is 1. The second-order valence-electron chi connectivity index (χ2n) is 5.72. The summed E-state index contributed by atoms with van der Waals surface area (Å²) in [7, 11) is 3.43. The second kappa shape index (κ2) is 7.17. The Balaban J connectivity index is 1.56. The first kappa shape index (κ1) is 16.1. The van der Waals surface area contributed by atoms with Crippen molar-refractivity contribution in [3.8, 4) is 5.75 Å². The normalized spacial score (nSPS) is 10.8. The van der Waals surface area contributed by atoms with Gasteiger partial charge in [-0.25, -0.2) is 0 Å². The van der Waals surface area contributed by atoms with Crippen LogP contribution < -0.4 is 9.64 Å². The highest BCUT2D eigenvalue weighted by atomic mass is 16.5. The van der Waals surface area contributed by atoms with Gasteiger partial charge in [-0.05, 0) is 43.2 Å². The van der Waals surface area contributed by atoms with E-state index in [9.17, 15) is 4.79 Å². The summed E-state index contributed by atoms with van der Waals surface area (Å²) in [6.07, 6.45) is 2.09. The predicted molar refractivity (Wildman–Crippen MR) is 95.4 cm³/mol. The topological polar surface area (TPSA) is 58.2 Å². The number of H-pyrrole nitrogens is 1. The molecule has 0 fully saturated rings. The van der Waals surface area contributed by atoms with Crippen LogP contribution in [-0.2, 0) is 11.2 Å². The van der Waals surface area contributed by atoms with Gasteiger partial charge in [0.25, 0.3) is 0 Å². The molecule has 0 aliphatic rings. The van der Waals surface area contributed by atoms with Gasteiger partial charge in [-0.15, -0.1) is 0 Å². The van der Waals surface area contributed by atoms with Crippen molar-refractivity contribution in [2.75, 3.05) is 19.1 Å². The Labute approximate surface area is 141 Å². The molecule has 3 rings (SSSR count). The van der Waals surface area contributed by atoms with Crippen LogP contribution in [0.5, 0.6) is 5.75 Å². The van der Waals surface area contributed by atoms with Gasteiger partial charge >= 0.3 is 0 Å². The molecule has 5 nitrogen and oxygen atoms in total. The Morgan fingerprint density at radius 2 is 1.92 bits per heavy atom. The minimum atomic E-state index is 0.101. The number of para-hydroxylation sites is 1. The third-order valence-corrected chi connectivity index (χ3v) is 4.19. The largest absolute Gasteiger partial charge is 0.497 e. The van der Waals surface area contributed by atoms with Gasteiger partial charge in [-0.2, -0.15) is 5.10 Å². The highest BCUT2D eigenvalue weighted by Gasteiger charge is 2.12. The number of anilines is 1. The highest BCUT2D eigenvalue weighted by molar-refractivity contribution is 5.92. The molecular formula is C19H21N3O2. The standard InChI is InChI=1S/C19H21N3O2/c1-22(14-10-12-15(24-2)13-11-14)19(23)9-5-8-18-16-6-3-4-7-17(16)20-21-18/h3-4,6-7,10-13H,5,8-9H2,1-2H3,(H,20,21).